The maximum atomic E-state index is 10.6. The predicted molar refractivity (Wildman–Crippen MR) is 54.5 cm³/mol. The van der Waals surface area contributed by atoms with E-state index in [1.807, 2.05) is 6.07 Å². The minimum atomic E-state index is -0.918. The van der Waals surface area contributed by atoms with Gasteiger partial charge in [-0.1, -0.05) is 0 Å². The van der Waals surface area contributed by atoms with Gasteiger partial charge in [0.15, 0.2) is 0 Å². The molecule has 0 spiro atoms. The molecule has 1 aromatic carbocycles. The maximum absolute atomic E-state index is 10.6. The second kappa shape index (κ2) is 4.16. The summed E-state index contributed by atoms with van der Waals surface area (Å²) in [5, 5.41) is 17.4. The highest BCUT2D eigenvalue weighted by Crippen LogP contribution is 2.21. The van der Waals surface area contributed by atoms with Crippen LogP contribution in [0.2, 0.25) is 0 Å². The Bertz CT molecular complexity index is 421. The maximum Gasteiger partial charge on any atom is 0.307 e. The lowest BCUT2D eigenvalue weighted by Crippen LogP contribution is -2.04. The number of benzene rings is 1. The summed E-state index contributed by atoms with van der Waals surface area (Å²) in [4.78, 5) is 11.2. The van der Waals surface area contributed by atoms with Crippen LogP contribution in [0.15, 0.2) is 17.0 Å². The molecule has 0 aromatic heterocycles. The minimum absolute atomic E-state index is 0.0970. The molecule has 0 fully saturated rings. The van der Waals surface area contributed by atoms with Crippen molar-refractivity contribution in [3.63, 3.8) is 0 Å². The summed E-state index contributed by atoms with van der Waals surface area (Å²) in [7, 11) is 0. The molecule has 4 heteroatoms. The Labute approximate surface area is 87.4 Å². The highest BCUT2D eigenvalue weighted by Gasteiger charge is 2.10. The van der Waals surface area contributed by atoms with Crippen LogP contribution in [0.4, 0.5) is 0 Å². The fourth-order valence-electron chi connectivity index (χ4n) is 1.24. The average Bonchev–Trinajstić information content (AvgIpc) is 2.12. The molecule has 0 aliphatic heterocycles. The van der Waals surface area contributed by atoms with Crippen LogP contribution in [-0.4, -0.2) is 11.1 Å². The van der Waals surface area contributed by atoms with Gasteiger partial charge in [-0.2, -0.15) is 5.26 Å². The number of carboxylic acids is 1. The van der Waals surface area contributed by atoms with Gasteiger partial charge in [0.25, 0.3) is 0 Å². The van der Waals surface area contributed by atoms with Crippen molar-refractivity contribution in [1.29, 1.82) is 5.26 Å². The van der Waals surface area contributed by atoms with E-state index in [0.29, 0.717) is 21.6 Å². The van der Waals surface area contributed by atoms with Crippen LogP contribution in [-0.2, 0) is 11.2 Å². The number of nitrogens with zero attached hydrogens (tertiary/aromatic N) is 1. The van der Waals surface area contributed by atoms with Gasteiger partial charge in [-0.25, -0.2) is 0 Å². The molecule has 0 atom stereocenters. The Morgan fingerprint density at radius 2 is 2.29 bits per heavy atom. The number of hydrogen-bond acceptors (Lipinski definition) is 3. The van der Waals surface area contributed by atoms with Crippen LogP contribution < -0.4 is 0 Å². The largest absolute Gasteiger partial charge is 0.481 e. The van der Waals surface area contributed by atoms with E-state index in [1.54, 1.807) is 19.1 Å². The molecule has 14 heavy (non-hydrogen) atoms. The Morgan fingerprint density at radius 3 is 2.79 bits per heavy atom. The van der Waals surface area contributed by atoms with Gasteiger partial charge in [-0.3, -0.25) is 4.79 Å². The Morgan fingerprint density at radius 1 is 1.64 bits per heavy atom. The number of rotatable bonds is 2. The molecule has 0 bridgehead atoms. The summed E-state index contributed by atoms with van der Waals surface area (Å²) in [6.45, 7) is 1.73. The molecule has 0 aliphatic carbocycles. The molecule has 1 N–H and O–H groups in total. The van der Waals surface area contributed by atoms with E-state index in [9.17, 15) is 4.79 Å². The third kappa shape index (κ3) is 2.06. The number of nitriles is 1. The van der Waals surface area contributed by atoms with Crippen molar-refractivity contribution in [2.45, 2.75) is 18.2 Å². The molecule has 0 radical (unpaired) electrons. The van der Waals surface area contributed by atoms with Gasteiger partial charge < -0.3 is 5.11 Å². The van der Waals surface area contributed by atoms with Crippen LogP contribution in [0.5, 0.6) is 0 Å². The molecule has 1 rings (SSSR count). The quantitative estimate of drug-likeness (QED) is 0.727. The zero-order valence-electron chi connectivity index (χ0n) is 7.61. The average molecular weight is 207 g/mol. The van der Waals surface area contributed by atoms with Crippen LogP contribution in [0.25, 0.3) is 0 Å². The zero-order valence-corrected chi connectivity index (χ0v) is 8.51. The summed E-state index contributed by atoms with van der Waals surface area (Å²) in [5.74, 6) is -0.918. The first-order valence-electron chi connectivity index (χ1n) is 3.99. The van der Waals surface area contributed by atoms with Crippen molar-refractivity contribution >= 4 is 18.6 Å². The molecule has 0 heterocycles. The summed E-state index contributed by atoms with van der Waals surface area (Å²) in [6.07, 6.45) is -0.0970. The van der Waals surface area contributed by atoms with Crippen molar-refractivity contribution in [2.75, 3.05) is 0 Å². The highest BCUT2D eigenvalue weighted by molar-refractivity contribution is 7.80. The normalized spacial score (nSPS) is 9.50. The monoisotopic (exact) mass is 207 g/mol. The van der Waals surface area contributed by atoms with Crippen LogP contribution in [0.1, 0.15) is 16.7 Å². The summed E-state index contributed by atoms with van der Waals surface area (Å²) < 4.78 is 0. The topological polar surface area (TPSA) is 61.1 Å². The number of carboxylic acid groups (broad SMARTS) is 1. The van der Waals surface area contributed by atoms with Gasteiger partial charge >= 0.3 is 5.97 Å². The summed E-state index contributed by atoms with van der Waals surface area (Å²) >= 11 is 4.16. The first-order valence-corrected chi connectivity index (χ1v) is 4.44. The zero-order chi connectivity index (χ0) is 10.7. The van der Waals surface area contributed by atoms with E-state index >= 15 is 0 Å². The lowest BCUT2D eigenvalue weighted by atomic mass is 10.0. The molecular formula is C10H9NO2S. The lowest BCUT2D eigenvalue weighted by molar-refractivity contribution is -0.136. The van der Waals surface area contributed by atoms with Crippen LogP contribution in [0.3, 0.4) is 0 Å². The van der Waals surface area contributed by atoms with E-state index in [2.05, 4.69) is 12.6 Å². The van der Waals surface area contributed by atoms with E-state index in [-0.39, 0.29) is 6.42 Å². The van der Waals surface area contributed by atoms with Crippen molar-refractivity contribution in [1.82, 2.24) is 0 Å². The minimum Gasteiger partial charge on any atom is -0.481 e. The molecule has 72 valence electrons. The van der Waals surface area contributed by atoms with Gasteiger partial charge in [0.05, 0.1) is 18.1 Å². The SMILES string of the molecule is Cc1c(C#N)ccc(S)c1CC(=O)O. The van der Waals surface area contributed by atoms with E-state index in [1.165, 1.54) is 0 Å². The van der Waals surface area contributed by atoms with Crippen LogP contribution >= 0.6 is 12.6 Å². The molecule has 1 aromatic rings. The van der Waals surface area contributed by atoms with Gasteiger partial charge in [0.1, 0.15) is 0 Å². The first kappa shape index (κ1) is 10.6. The van der Waals surface area contributed by atoms with E-state index in [4.69, 9.17) is 10.4 Å². The molecule has 0 saturated carbocycles. The van der Waals surface area contributed by atoms with Crippen molar-refractivity contribution in [3.8, 4) is 6.07 Å². The first-order chi connectivity index (χ1) is 6.56. The van der Waals surface area contributed by atoms with Gasteiger partial charge in [0.2, 0.25) is 0 Å². The second-order valence-electron chi connectivity index (χ2n) is 2.92. The molecule has 3 nitrogen and oxygen atoms in total. The Hall–Kier alpha value is -1.47. The number of thiol groups is 1. The van der Waals surface area contributed by atoms with Gasteiger partial charge in [-0.05, 0) is 30.2 Å². The molecular weight excluding hydrogens is 198 g/mol. The van der Waals surface area contributed by atoms with Gasteiger partial charge in [-0.15, -0.1) is 12.6 Å². The number of carbonyl (C=O) groups is 1. The second-order valence-corrected chi connectivity index (χ2v) is 3.40. The number of hydrogen-bond donors (Lipinski definition) is 2. The fourth-order valence-corrected chi connectivity index (χ4v) is 1.56. The van der Waals surface area contributed by atoms with Crippen LogP contribution in [0, 0.1) is 18.3 Å². The van der Waals surface area contributed by atoms with Gasteiger partial charge in [0, 0.05) is 4.90 Å². The smallest absolute Gasteiger partial charge is 0.307 e. The number of aliphatic carboxylic acids is 1. The van der Waals surface area contributed by atoms with Crippen molar-refractivity contribution < 1.29 is 9.90 Å². The third-order valence-corrected chi connectivity index (χ3v) is 2.44. The standard InChI is InChI=1S/C10H9NO2S/c1-6-7(5-11)2-3-9(14)8(6)4-10(12)13/h2-3,14H,4H2,1H3,(H,12,13). The summed E-state index contributed by atoms with van der Waals surface area (Å²) in [5.41, 5.74) is 1.81. The predicted octanol–water partition coefficient (Wildman–Crippen LogP) is 1.78. The third-order valence-electron chi connectivity index (χ3n) is 2.02. The molecule has 0 saturated heterocycles. The Balaban J connectivity index is 3.27. The van der Waals surface area contributed by atoms with Crippen molar-refractivity contribution in [2.24, 2.45) is 0 Å². The molecule has 0 aliphatic rings. The fraction of sp³-hybridized carbons (Fsp3) is 0.200. The highest BCUT2D eigenvalue weighted by atomic mass is 32.1. The molecule has 0 unspecified atom stereocenters. The van der Waals surface area contributed by atoms with E-state index < -0.39 is 5.97 Å². The van der Waals surface area contributed by atoms with E-state index in [0.717, 1.165) is 0 Å². The molecule has 0 amide bonds. The lowest BCUT2D eigenvalue weighted by Gasteiger charge is -2.07. The van der Waals surface area contributed by atoms with Crippen molar-refractivity contribution in [3.05, 3.63) is 28.8 Å². The summed E-state index contributed by atoms with van der Waals surface area (Å²) in [6, 6.07) is 5.30. The Kier molecular flexibility index (Phi) is 3.15.